The number of aryl methyl sites for hydroxylation is 1. The third-order valence-electron chi connectivity index (χ3n) is 0.885. The molecule has 0 heterocycles. The molecule has 2 N–H and O–H groups in total. The van der Waals surface area contributed by atoms with Gasteiger partial charge in [0.05, 0.1) is 0 Å². The normalized spacial score (nSPS) is 6.78. The first-order valence-electron chi connectivity index (χ1n) is 2.32. The van der Waals surface area contributed by atoms with Gasteiger partial charge in [0, 0.05) is 0 Å². The number of rotatable bonds is 0. The van der Waals surface area contributed by atoms with Gasteiger partial charge in [-0.2, -0.15) is 35.9 Å². The molecule has 0 aliphatic carbocycles. The largest absolute Gasteiger partial charge is 2.00 e. The molecule has 0 spiro atoms. The molecular weight excluding hydrogens is 149 g/mol. The van der Waals surface area contributed by atoms with Crippen molar-refractivity contribution >= 4 is 0 Å². The predicted molar refractivity (Wildman–Crippen MR) is 35.3 cm³/mol. The van der Waals surface area contributed by atoms with E-state index < -0.39 is 0 Å². The van der Waals surface area contributed by atoms with Crippen molar-refractivity contribution in [1.82, 2.24) is 0 Å². The maximum Gasteiger partial charge on any atom is 2.00 e. The molecular formula is C7H9NV. The summed E-state index contributed by atoms with van der Waals surface area (Å²) in [5, 5.41) is 0. The van der Waals surface area contributed by atoms with Gasteiger partial charge >= 0.3 is 18.6 Å². The first-order chi connectivity index (χ1) is 3.39. The van der Waals surface area contributed by atoms with E-state index in [9.17, 15) is 0 Å². The van der Waals surface area contributed by atoms with Gasteiger partial charge in [0.2, 0.25) is 0 Å². The second-order valence-corrected chi connectivity index (χ2v) is 1.58. The van der Waals surface area contributed by atoms with Gasteiger partial charge < -0.3 is 6.15 Å². The van der Waals surface area contributed by atoms with Crippen LogP contribution in [0.1, 0.15) is 5.56 Å². The van der Waals surface area contributed by atoms with Crippen LogP contribution in [0.3, 0.4) is 0 Å². The standard InChI is InChI=1S/C7H7.H2N.V/c1-7-5-3-2-4-6-7;;/h3-6H,1H3;1H2;/q2*-1;+2. The average Bonchev–Trinajstić information content (AvgIpc) is 1.69. The summed E-state index contributed by atoms with van der Waals surface area (Å²) in [6.07, 6.45) is 0. The Labute approximate surface area is 67.9 Å². The molecule has 0 amide bonds. The van der Waals surface area contributed by atoms with E-state index in [0.29, 0.717) is 0 Å². The number of nitrogens with two attached hydrogens (primary N) is 1. The van der Waals surface area contributed by atoms with Crippen molar-refractivity contribution in [3.8, 4) is 0 Å². The molecule has 1 aromatic rings. The zero-order chi connectivity index (χ0) is 5.11. The van der Waals surface area contributed by atoms with Gasteiger partial charge in [-0.1, -0.05) is 6.92 Å². The van der Waals surface area contributed by atoms with E-state index in [2.05, 4.69) is 13.0 Å². The van der Waals surface area contributed by atoms with Crippen LogP contribution in [-0.2, 0) is 18.6 Å². The van der Waals surface area contributed by atoms with E-state index in [-0.39, 0.29) is 24.7 Å². The summed E-state index contributed by atoms with van der Waals surface area (Å²) in [4.78, 5) is 0. The van der Waals surface area contributed by atoms with Crippen molar-refractivity contribution < 1.29 is 18.6 Å². The Hall–Kier alpha value is -0.236. The number of benzene rings is 1. The Morgan fingerprint density at radius 2 is 1.67 bits per heavy atom. The molecule has 0 aliphatic heterocycles. The summed E-state index contributed by atoms with van der Waals surface area (Å²) in [7, 11) is 0. The topological polar surface area (TPSA) is 33.5 Å². The van der Waals surface area contributed by atoms with Crippen LogP contribution < -0.4 is 0 Å². The van der Waals surface area contributed by atoms with Gasteiger partial charge in [-0.3, -0.25) is 0 Å². The molecule has 0 aliphatic rings. The summed E-state index contributed by atoms with van der Waals surface area (Å²) in [6, 6.07) is 10.8. The van der Waals surface area contributed by atoms with E-state index >= 15 is 0 Å². The molecule has 9 heavy (non-hydrogen) atoms. The Morgan fingerprint density at radius 1 is 1.22 bits per heavy atom. The van der Waals surface area contributed by atoms with E-state index in [4.69, 9.17) is 0 Å². The van der Waals surface area contributed by atoms with Crippen molar-refractivity contribution in [2.75, 3.05) is 0 Å². The third kappa shape index (κ3) is 4.28. The number of hydrogen-bond donors (Lipinski definition) is 0. The molecule has 0 fully saturated rings. The van der Waals surface area contributed by atoms with Crippen molar-refractivity contribution in [2.24, 2.45) is 0 Å². The minimum absolute atomic E-state index is 0. The molecule has 1 aromatic carbocycles. The van der Waals surface area contributed by atoms with E-state index in [1.54, 1.807) is 0 Å². The zero-order valence-corrected chi connectivity index (χ0v) is 6.73. The smallest absolute Gasteiger partial charge is 0.693 e. The van der Waals surface area contributed by atoms with Gasteiger partial charge in [-0.25, -0.2) is 0 Å². The van der Waals surface area contributed by atoms with Crippen LogP contribution in [0.2, 0.25) is 0 Å². The molecule has 47 valence electrons. The summed E-state index contributed by atoms with van der Waals surface area (Å²) in [5.41, 5.74) is 1.29. The molecule has 0 saturated carbocycles. The Kier molecular flexibility index (Phi) is 7.56. The van der Waals surface area contributed by atoms with Crippen LogP contribution in [0, 0.1) is 13.0 Å². The molecule has 0 saturated heterocycles. The molecule has 0 aromatic heterocycles. The molecule has 1 nitrogen and oxygen atoms in total. The maximum atomic E-state index is 2.93. The maximum absolute atomic E-state index is 2.93. The SMILES string of the molecule is Cc1cc[c-]cc1.[NH2-].[V+2]. The van der Waals surface area contributed by atoms with Crippen molar-refractivity contribution in [1.29, 1.82) is 0 Å². The zero-order valence-electron chi connectivity index (χ0n) is 5.33. The minimum atomic E-state index is 0. The van der Waals surface area contributed by atoms with Crippen LogP contribution in [0.4, 0.5) is 0 Å². The van der Waals surface area contributed by atoms with Crippen LogP contribution in [0.5, 0.6) is 0 Å². The average molecular weight is 158 g/mol. The van der Waals surface area contributed by atoms with Gasteiger partial charge in [0.25, 0.3) is 0 Å². The fraction of sp³-hybridized carbons (Fsp3) is 0.143. The molecule has 0 bridgehead atoms. The van der Waals surface area contributed by atoms with Crippen LogP contribution in [0.15, 0.2) is 24.3 Å². The van der Waals surface area contributed by atoms with E-state index in [1.165, 1.54) is 5.56 Å². The van der Waals surface area contributed by atoms with Crippen LogP contribution in [0.25, 0.3) is 6.15 Å². The van der Waals surface area contributed by atoms with Gasteiger partial charge in [-0.05, 0) is 0 Å². The first-order valence-corrected chi connectivity index (χ1v) is 2.32. The van der Waals surface area contributed by atoms with Gasteiger partial charge in [0.15, 0.2) is 0 Å². The molecule has 2 heteroatoms. The molecule has 0 unspecified atom stereocenters. The summed E-state index contributed by atoms with van der Waals surface area (Å²) in [6.45, 7) is 2.06. The second-order valence-electron chi connectivity index (χ2n) is 1.58. The van der Waals surface area contributed by atoms with Crippen molar-refractivity contribution in [2.45, 2.75) is 6.92 Å². The van der Waals surface area contributed by atoms with Gasteiger partial charge in [-0.15, -0.1) is 0 Å². The fourth-order valence-electron chi connectivity index (χ4n) is 0.470. The monoisotopic (exact) mass is 158 g/mol. The Morgan fingerprint density at radius 3 is 1.89 bits per heavy atom. The van der Waals surface area contributed by atoms with E-state index in [1.807, 2.05) is 24.3 Å². The third-order valence-corrected chi connectivity index (χ3v) is 0.885. The Balaban J connectivity index is 0. The van der Waals surface area contributed by atoms with Gasteiger partial charge in [0.1, 0.15) is 0 Å². The minimum Gasteiger partial charge on any atom is -0.693 e. The summed E-state index contributed by atoms with van der Waals surface area (Å²) < 4.78 is 0. The predicted octanol–water partition coefficient (Wildman–Crippen LogP) is 2.51. The summed E-state index contributed by atoms with van der Waals surface area (Å²) >= 11 is 0. The van der Waals surface area contributed by atoms with E-state index in [0.717, 1.165) is 0 Å². The Bertz CT molecular complexity index is 139. The molecule has 1 rings (SSSR count). The van der Waals surface area contributed by atoms with Crippen molar-refractivity contribution in [3.05, 3.63) is 42.0 Å². The fourth-order valence-corrected chi connectivity index (χ4v) is 0.470. The summed E-state index contributed by atoms with van der Waals surface area (Å²) in [5.74, 6) is 0. The van der Waals surface area contributed by atoms with Crippen LogP contribution in [-0.4, -0.2) is 0 Å². The van der Waals surface area contributed by atoms with Crippen molar-refractivity contribution in [3.63, 3.8) is 0 Å². The quantitative estimate of drug-likeness (QED) is 0.520. The number of hydrogen-bond acceptors (Lipinski definition) is 0. The molecule has 0 atom stereocenters. The second kappa shape index (κ2) is 5.89. The first kappa shape index (κ1) is 11.5. The molecule has 1 radical (unpaired) electrons. The van der Waals surface area contributed by atoms with Crippen LogP contribution >= 0.6 is 0 Å².